The molecule has 0 radical (unpaired) electrons. The predicted molar refractivity (Wildman–Crippen MR) is 78.3 cm³/mol. The summed E-state index contributed by atoms with van der Waals surface area (Å²) in [6.07, 6.45) is 3.65. The molecular weight excluding hydrogens is 238 g/mol. The molecule has 0 amide bonds. The van der Waals surface area contributed by atoms with Crippen molar-refractivity contribution in [2.75, 3.05) is 13.1 Å². The van der Waals surface area contributed by atoms with E-state index in [1.807, 2.05) is 4.90 Å². The number of carboxylic acid groups (broad SMARTS) is 1. The van der Waals surface area contributed by atoms with Crippen LogP contribution < -0.4 is 0 Å². The molecule has 0 bridgehead atoms. The molecular formula is C16H23NO2. The van der Waals surface area contributed by atoms with Gasteiger partial charge in [0, 0.05) is 12.6 Å². The average Bonchev–Trinajstić information content (AvgIpc) is 2.40. The van der Waals surface area contributed by atoms with Crippen LogP contribution in [0.3, 0.4) is 0 Å². The van der Waals surface area contributed by atoms with Gasteiger partial charge in [0.2, 0.25) is 0 Å². The summed E-state index contributed by atoms with van der Waals surface area (Å²) >= 11 is 0. The number of rotatable bonds is 8. The second-order valence-electron chi connectivity index (χ2n) is 4.63. The molecule has 0 aliphatic heterocycles. The summed E-state index contributed by atoms with van der Waals surface area (Å²) in [6.45, 7) is 8.54. The predicted octanol–water partition coefficient (Wildman–Crippen LogP) is 3.27. The second-order valence-corrected chi connectivity index (χ2v) is 4.63. The lowest BCUT2D eigenvalue weighted by Crippen LogP contribution is -2.33. The molecule has 0 fully saturated rings. The highest BCUT2D eigenvalue weighted by Crippen LogP contribution is 2.24. The van der Waals surface area contributed by atoms with E-state index in [1.54, 1.807) is 6.08 Å². The van der Waals surface area contributed by atoms with Crippen LogP contribution >= 0.6 is 0 Å². The Morgan fingerprint density at radius 2 is 2.00 bits per heavy atom. The average molecular weight is 261 g/mol. The highest BCUT2D eigenvalue weighted by Gasteiger charge is 2.19. The first-order chi connectivity index (χ1) is 9.12. The molecule has 0 saturated carbocycles. The van der Waals surface area contributed by atoms with Gasteiger partial charge >= 0.3 is 5.97 Å². The fraction of sp³-hybridized carbons (Fsp3) is 0.438. The van der Waals surface area contributed by atoms with Gasteiger partial charge in [0.25, 0.3) is 0 Å². The lowest BCUT2D eigenvalue weighted by molar-refractivity contribution is -0.138. The van der Waals surface area contributed by atoms with Gasteiger partial charge in [-0.2, -0.15) is 0 Å². The first-order valence-corrected chi connectivity index (χ1v) is 6.77. The molecule has 1 unspecified atom stereocenters. The van der Waals surface area contributed by atoms with E-state index in [0.717, 1.165) is 12.8 Å². The smallest absolute Gasteiger partial charge is 0.317 e. The minimum atomic E-state index is -0.800. The molecule has 0 spiro atoms. The molecule has 3 heteroatoms. The van der Waals surface area contributed by atoms with Gasteiger partial charge in [0.1, 0.15) is 0 Å². The Hall–Kier alpha value is -1.61. The normalized spacial score (nSPS) is 12.4. The SMILES string of the molecule is C=CCN(CC(=O)O)C(CC)c1ccc(CC)cc1. The molecule has 104 valence electrons. The Kier molecular flexibility index (Phi) is 6.30. The minimum Gasteiger partial charge on any atom is -0.480 e. The summed E-state index contributed by atoms with van der Waals surface area (Å²) in [6, 6.07) is 8.56. The molecule has 0 saturated heterocycles. The Labute approximate surface area is 115 Å². The summed E-state index contributed by atoms with van der Waals surface area (Å²) < 4.78 is 0. The van der Waals surface area contributed by atoms with E-state index in [0.29, 0.717) is 6.54 Å². The maximum absolute atomic E-state index is 11.0. The largest absolute Gasteiger partial charge is 0.480 e. The number of carboxylic acids is 1. The van der Waals surface area contributed by atoms with Crippen molar-refractivity contribution >= 4 is 5.97 Å². The third kappa shape index (κ3) is 4.52. The van der Waals surface area contributed by atoms with Crippen LogP contribution in [0.5, 0.6) is 0 Å². The van der Waals surface area contributed by atoms with Gasteiger partial charge in [-0.1, -0.05) is 44.2 Å². The topological polar surface area (TPSA) is 40.5 Å². The molecule has 1 N–H and O–H groups in total. The molecule has 0 heterocycles. The maximum Gasteiger partial charge on any atom is 0.317 e. The molecule has 1 atom stereocenters. The van der Waals surface area contributed by atoms with Gasteiger partial charge in [0.05, 0.1) is 6.54 Å². The van der Waals surface area contributed by atoms with Crippen LogP contribution in [-0.4, -0.2) is 29.1 Å². The van der Waals surface area contributed by atoms with E-state index in [9.17, 15) is 4.79 Å². The van der Waals surface area contributed by atoms with Crippen molar-refractivity contribution in [2.24, 2.45) is 0 Å². The van der Waals surface area contributed by atoms with Crippen LogP contribution in [0.1, 0.15) is 37.4 Å². The third-order valence-corrected chi connectivity index (χ3v) is 3.30. The highest BCUT2D eigenvalue weighted by atomic mass is 16.4. The monoisotopic (exact) mass is 261 g/mol. The fourth-order valence-electron chi connectivity index (χ4n) is 2.32. The van der Waals surface area contributed by atoms with E-state index in [2.05, 4.69) is 44.7 Å². The Morgan fingerprint density at radius 3 is 2.42 bits per heavy atom. The second kappa shape index (κ2) is 7.74. The summed E-state index contributed by atoms with van der Waals surface area (Å²) in [5.41, 5.74) is 2.47. The number of nitrogens with zero attached hydrogens (tertiary/aromatic N) is 1. The summed E-state index contributed by atoms with van der Waals surface area (Å²) in [4.78, 5) is 12.9. The number of hydrogen-bond donors (Lipinski definition) is 1. The van der Waals surface area contributed by atoms with Gasteiger partial charge in [-0.25, -0.2) is 0 Å². The van der Waals surface area contributed by atoms with Gasteiger partial charge in [-0.05, 0) is 24.0 Å². The lowest BCUT2D eigenvalue weighted by atomic mass is 10.0. The molecule has 1 aromatic rings. The van der Waals surface area contributed by atoms with Crippen molar-refractivity contribution in [1.82, 2.24) is 4.90 Å². The quantitative estimate of drug-likeness (QED) is 0.730. The van der Waals surface area contributed by atoms with Crippen LogP contribution in [-0.2, 0) is 11.2 Å². The van der Waals surface area contributed by atoms with Crippen LogP contribution in [0.25, 0.3) is 0 Å². The zero-order chi connectivity index (χ0) is 14.3. The zero-order valence-electron chi connectivity index (χ0n) is 11.8. The number of carbonyl (C=O) groups is 1. The van der Waals surface area contributed by atoms with Gasteiger partial charge in [0.15, 0.2) is 0 Å². The molecule has 0 aliphatic carbocycles. The van der Waals surface area contributed by atoms with Crippen LogP contribution in [0.15, 0.2) is 36.9 Å². The van der Waals surface area contributed by atoms with Crippen molar-refractivity contribution in [3.05, 3.63) is 48.0 Å². The lowest BCUT2D eigenvalue weighted by Gasteiger charge is -2.29. The molecule has 0 aromatic heterocycles. The highest BCUT2D eigenvalue weighted by molar-refractivity contribution is 5.69. The molecule has 3 nitrogen and oxygen atoms in total. The fourth-order valence-corrected chi connectivity index (χ4v) is 2.32. The summed E-state index contributed by atoms with van der Waals surface area (Å²) in [5.74, 6) is -0.800. The minimum absolute atomic E-state index is 0.0417. The molecule has 1 aromatic carbocycles. The number of hydrogen-bond acceptors (Lipinski definition) is 2. The van der Waals surface area contributed by atoms with Gasteiger partial charge in [-0.15, -0.1) is 6.58 Å². The van der Waals surface area contributed by atoms with Gasteiger partial charge < -0.3 is 5.11 Å². The molecule has 19 heavy (non-hydrogen) atoms. The van der Waals surface area contributed by atoms with E-state index < -0.39 is 5.97 Å². The Morgan fingerprint density at radius 1 is 1.37 bits per heavy atom. The maximum atomic E-state index is 11.0. The van der Waals surface area contributed by atoms with Crippen molar-refractivity contribution in [2.45, 2.75) is 32.7 Å². The standard InChI is InChI=1S/C16H23NO2/c1-4-11-17(12-16(18)19)15(6-3)14-9-7-13(5-2)8-10-14/h4,7-10,15H,1,5-6,11-12H2,2-3H3,(H,18,19). The first kappa shape index (κ1) is 15.4. The van der Waals surface area contributed by atoms with Crippen molar-refractivity contribution < 1.29 is 9.90 Å². The molecule has 0 aliphatic rings. The van der Waals surface area contributed by atoms with E-state index >= 15 is 0 Å². The first-order valence-electron chi connectivity index (χ1n) is 6.77. The summed E-state index contributed by atoms with van der Waals surface area (Å²) in [7, 11) is 0. The van der Waals surface area contributed by atoms with Gasteiger partial charge in [-0.3, -0.25) is 9.69 Å². The summed E-state index contributed by atoms with van der Waals surface area (Å²) in [5, 5.41) is 9.01. The van der Waals surface area contributed by atoms with Crippen molar-refractivity contribution in [3.63, 3.8) is 0 Å². The Balaban J connectivity index is 2.93. The van der Waals surface area contributed by atoms with E-state index in [4.69, 9.17) is 5.11 Å². The Bertz CT molecular complexity index is 411. The van der Waals surface area contributed by atoms with Crippen LogP contribution in [0.4, 0.5) is 0 Å². The van der Waals surface area contributed by atoms with E-state index in [1.165, 1.54) is 11.1 Å². The van der Waals surface area contributed by atoms with Crippen molar-refractivity contribution in [1.29, 1.82) is 0 Å². The zero-order valence-corrected chi connectivity index (χ0v) is 11.8. The molecule has 1 rings (SSSR count). The van der Waals surface area contributed by atoms with Crippen molar-refractivity contribution in [3.8, 4) is 0 Å². The number of aryl methyl sites for hydroxylation is 1. The number of aliphatic carboxylic acids is 1. The third-order valence-electron chi connectivity index (χ3n) is 3.30. The number of benzene rings is 1. The van der Waals surface area contributed by atoms with Crippen LogP contribution in [0, 0.1) is 0 Å². The van der Waals surface area contributed by atoms with Crippen LogP contribution in [0.2, 0.25) is 0 Å². The van der Waals surface area contributed by atoms with E-state index in [-0.39, 0.29) is 12.6 Å².